The normalized spacial score (nSPS) is 19.3. The number of hydrogen-bond acceptors (Lipinski definition) is 4. The van der Waals surface area contributed by atoms with Crippen molar-refractivity contribution in [2.75, 3.05) is 6.54 Å². The quantitative estimate of drug-likeness (QED) is 0.359. The highest BCUT2D eigenvalue weighted by Crippen LogP contribution is 2.34. The molecule has 0 saturated carbocycles. The van der Waals surface area contributed by atoms with Crippen molar-refractivity contribution in [3.63, 3.8) is 0 Å². The summed E-state index contributed by atoms with van der Waals surface area (Å²) in [5.41, 5.74) is 1.24. The van der Waals surface area contributed by atoms with Crippen molar-refractivity contribution in [3.05, 3.63) is 48.0 Å². The lowest BCUT2D eigenvalue weighted by Gasteiger charge is -2.22. The Morgan fingerprint density at radius 3 is 2.58 bits per heavy atom. The van der Waals surface area contributed by atoms with Gasteiger partial charge in [0.05, 0.1) is 12.1 Å². The third-order valence-corrected chi connectivity index (χ3v) is 5.58. The number of carboxylic acid groups (broad SMARTS) is 1. The third-order valence-electron chi connectivity index (χ3n) is 5.58. The van der Waals surface area contributed by atoms with E-state index in [1.165, 1.54) is 22.6 Å². The molecule has 1 fully saturated rings. The molecule has 172 valence electrons. The molecule has 0 aromatic heterocycles. The number of nitrogens with zero attached hydrogens (tertiary/aromatic N) is 1. The number of alkyl halides is 2. The fraction of sp³-hybridized carbons (Fsp3) is 0.583. The van der Waals surface area contributed by atoms with E-state index in [2.05, 4.69) is 12.1 Å². The molecule has 1 aromatic carbocycles. The first-order valence-corrected chi connectivity index (χ1v) is 11.1. The Labute approximate surface area is 182 Å². The first-order valence-electron chi connectivity index (χ1n) is 11.1. The number of amides is 1. The number of carbonyl (C=O) groups excluding carboxylic acids is 2. The van der Waals surface area contributed by atoms with E-state index in [1.807, 2.05) is 18.2 Å². The van der Waals surface area contributed by atoms with Crippen LogP contribution in [0.2, 0.25) is 0 Å². The van der Waals surface area contributed by atoms with E-state index in [0.717, 1.165) is 19.3 Å². The van der Waals surface area contributed by atoms with E-state index < -0.39 is 36.4 Å². The summed E-state index contributed by atoms with van der Waals surface area (Å²) in [4.78, 5) is 23.6. The summed E-state index contributed by atoms with van der Waals surface area (Å²) in [6.45, 7) is 0.196. The maximum absolute atomic E-state index is 13.9. The van der Waals surface area contributed by atoms with Crippen LogP contribution in [0.3, 0.4) is 0 Å². The molecule has 31 heavy (non-hydrogen) atoms. The van der Waals surface area contributed by atoms with Crippen LogP contribution in [0, 0.1) is 0 Å². The minimum absolute atomic E-state index is 0.0185. The number of benzene rings is 1. The fourth-order valence-electron chi connectivity index (χ4n) is 3.85. The lowest BCUT2D eigenvalue weighted by Crippen LogP contribution is -2.36. The SMILES string of the molecule is O=C([O-])CCCCCCN1C(=O)C(F)(F)C[C@@H]1/C=C/[C@H](O)CCCCc1ccccc1. The van der Waals surface area contributed by atoms with Crippen LogP contribution >= 0.6 is 0 Å². The molecule has 1 aromatic rings. The molecule has 7 heteroatoms. The zero-order valence-corrected chi connectivity index (χ0v) is 17.8. The van der Waals surface area contributed by atoms with Crippen LogP contribution in [0.1, 0.15) is 63.4 Å². The first-order chi connectivity index (χ1) is 14.8. The molecular formula is C24H32F2NO4-. The zero-order valence-electron chi connectivity index (χ0n) is 17.8. The predicted octanol–water partition coefficient (Wildman–Crippen LogP) is 3.25. The number of unbranched alkanes of at least 4 members (excludes halogenated alkanes) is 4. The van der Waals surface area contributed by atoms with Crippen LogP contribution in [-0.2, 0) is 16.0 Å². The van der Waals surface area contributed by atoms with Crippen molar-refractivity contribution in [3.8, 4) is 0 Å². The third kappa shape index (κ3) is 8.77. The van der Waals surface area contributed by atoms with Gasteiger partial charge >= 0.3 is 5.92 Å². The van der Waals surface area contributed by atoms with Crippen molar-refractivity contribution in [1.29, 1.82) is 0 Å². The minimum Gasteiger partial charge on any atom is -0.550 e. The maximum atomic E-state index is 13.9. The molecule has 5 nitrogen and oxygen atoms in total. The Bertz CT molecular complexity index is 724. The molecular weight excluding hydrogens is 404 g/mol. The van der Waals surface area contributed by atoms with Crippen LogP contribution in [0.25, 0.3) is 0 Å². The molecule has 0 aliphatic carbocycles. The van der Waals surface area contributed by atoms with Gasteiger partial charge in [-0.3, -0.25) is 4.79 Å². The molecule has 0 spiro atoms. The van der Waals surface area contributed by atoms with E-state index in [1.54, 1.807) is 0 Å². The van der Waals surface area contributed by atoms with Crippen LogP contribution in [0.5, 0.6) is 0 Å². The number of likely N-dealkylation sites (tertiary alicyclic amines) is 1. The molecule has 1 saturated heterocycles. The van der Waals surface area contributed by atoms with E-state index in [-0.39, 0.29) is 13.0 Å². The van der Waals surface area contributed by atoms with Gasteiger partial charge in [0.2, 0.25) is 0 Å². The smallest absolute Gasteiger partial charge is 0.327 e. The summed E-state index contributed by atoms with van der Waals surface area (Å²) >= 11 is 0. The van der Waals surface area contributed by atoms with Crippen LogP contribution in [-0.4, -0.2) is 46.5 Å². The number of rotatable bonds is 14. The van der Waals surface area contributed by atoms with Gasteiger partial charge in [-0.25, -0.2) is 0 Å². The van der Waals surface area contributed by atoms with Crippen molar-refractivity contribution in [2.24, 2.45) is 0 Å². The monoisotopic (exact) mass is 436 g/mol. The number of halogens is 2. The number of hydrogen-bond donors (Lipinski definition) is 1. The van der Waals surface area contributed by atoms with Gasteiger partial charge < -0.3 is 19.9 Å². The molecule has 1 amide bonds. The molecule has 0 bridgehead atoms. The highest BCUT2D eigenvalue weighted by molar-refractivity contribution is 5.86. The van der Waals surface area contributed by atoms with Crippen molar-refractivity contribution >= 4 is 11.9 Å². The number of aliphatic hydroxyl groups is 1. The molecule has 1 aliphatic heterocycles. The van der Waals surface area contributed by atoms with Gasteiger partial charge in [0.25, 0.3) is 5.91 Å². The van der Waals surface area contributed by atoms with E-state index in [4.69, 9.17) is 0 Å². The largest absolute Gasteiger partial charge is 0.550 e. The molecule has 2 rings (SSSR count). The minimum atomic E-state index is -3.38. The van der Waals surface area contributed by atoms with Crippen molar-refractivity contribution < 1.29 is 28.6 Å². The standard InChI is InChI=1S/C24H33F2NO4/c25-24(26)18-20(27(23(24)31)17-9-2-1-6-14-22(29)30)15-16-21(28)13-8-7-12-19-10-4-3-5-11-19/h3-5,10-11,15-16,20-21,28H,1-2,6-9,12-14,17-18H2,(H,29,30)/p-1/b16-15+/t20-,21+/m0/s1. The molecule has 1 heterocycles. The molecule has 2 atom stereocenters. The highest BCUT2D eigenvalue weighted by atomic mass is 19.3. The predicted molar refractivity (Wildman–Crippen MR) is 112 cm³/mol. The van der Waals surface area contributed by atoms with Crippen LogP contribution in [0.4, 0.5) is 8.78 Å². The topological polar surface area (TPSA) is 80.7 Å². The number of aliphatic carboxylic acids is 1. The average molecular weight is 437 g/mol. The number of aliphatic hydroxyl groups excluding tert-OH is 1. The molecule has 1 N–H and O–H groups in total. The van der Waals surface area contributed by atoms with Gasteiger partial charge in [0.1, 0.15) is 0 Å². The van der Waals surface area contributed by atoms with Gasteiger partial charge in [-0.05, 0) is 44.1 Å². The Kier molecular flexibility index (Phi) is 10.1. The van der Waals surface area contributed by atoms with Crippen LogP contribution < -0.4 is 5.11 Å². The lowest BCUT2D eigenvalue weighted by molar-refractivity contribution is -0.305. The molecule has 1 aliphatic rings. The summed E-state index contributed by atoms with van der Waals surface area (Å²) in [7, 11) is 0. The first kappa shape index (κ1) is 25.0. The second-order valence-corrected chi connectivity index (χ2v) is 8.19. The Balaban J connectivity index is 1.74. The summed E-state index contributed by atoms with van der Waals surface area (Å²) in [6, 6.07) is 9.34. The zero-order chi connectivity index (χ0) is 22.7. The molecule has 0 radical (unpaired) electrons. The van der Waals surface area contributed by atoms with Gasteiger partial charge in [-0.1, -0.05) is 61.7 Å². The highest BCUT2D eigenvalue weighted by Gasteiger charge is 2.52. The summed E-state index contributed by atoms with van der Waals surface area (Å²) < 4.78 is 27.9. The van der Waals surface area contributed by atoms with E-state index in [9.17, 15) is 28.6 Å². The second-order valence-electron chi connectivity index (χ2n) is 8.19. The average Bonchev–Trinajstić information content (AvgIpc) is 2.95. The fourth-order valence-corrected chi connectivity index (χ4v) is 3.85. The lowest BCUT2D eigenvalue weighted by atomic mass is 10.0. The van der Waals surface area contributed by atoms with Gasteiger partial charge in [0.15, 0.2) is 0 Å². The second kappa shape index (κ2) is 12.5. The summed E-state index contributed by atoms with van der Waals surface area (Å²) in [5, 5.41) is 20.6. The van der Waals surface area contributed by atoms with Gasteiger partial charge in [-0.15, -0.1) is 0 Å². The maximum Gasteiger partial charge on any atom is 0.327 e. The molecule has 0 unspecified atom stereocenters. The van der Waals surface area contributed by atoms with Gasteiger partial charge in [-0.2, -0.15) is 8.78 Å². The number of carboxylic acids is 1. The number of carbonyl (C=O) groups is 2. The number of aryl methyl sites for hydroxylation is 1. The van der Waals surface area contributed by atoms with Crippen LogP contribution in [0.15, 0.2) is 42.5 Å². The van der Waals surface area contributed by atoms with E-state index in [0.29, 0.717) is 32.1 Å². The van der Waals surface area contributed by atoms with E-state index >= 15 is 0 Å². The Morgan fingerprint density at radius 2 is 1.87 bits per heavy atom. The summed E-state index contributed by atoms with van der Waals surface area (Å²) in [6.07, 6.45) is 7.25. The van der Waals surface area contributed by atoms with Gasteiger partial charge in [0, 0.05) is 18.9 Å². The van der Waals surface area contributed by atoms with Crippen molar-refractivity contribution in [1.82, 2.24) is 4.90 Å². The van der Waals surface area contributed by atoms with Crippen molar-refractivity contribution in [2.45, 2.75) is 82.3 Å². The summed E-state index contributed by atoms with van der Waals surface area (Å²) in [5.74, 6) is -5.66. The Hall–Kier alpha value is -2.28. The Morgan fingerprint density at radius 1 is 1.16 bits per heavy atom.